The molecular weight excluding hydrogens is 392 g/mol. The van der Waals surface area contributed by atoms with Crippen LogP contribution in [0.4, 0.5) is 4.79 Å². The molecule has 0 radical (unpaired) electrons. The minimum absolute atomic E-state index is 0.153. The van der Waals surface area contributed by atoms with Gasteiger partial charge in [0.25, 0.3) is 0 Å². The number of ether oxygens (including phenoxy) is 3. The number of hydrogen-bond donors (Lipinski definition) is 2. The second kappa shape index (κ2) is 8.48. The van der Waals surface area contributed by atoms with E-state index in [9.17, 15) is 9.59 Å². The molecule has 0 fully saturated rings. The molecule has 0 unspecified atom stereocenters. The van der Waals surface area contributed by atoms with Gasteiger partial charge >= 0.3 is 12.0 Å². The van der Waals surface area contributed by atoms with E-state index >= 15 is 0 Å². The molecule has 150 valence electrons. The SMILES string of the molecule is CC1=C(C(=O)OCCSc2ccccc2)[C@@H](c2ccc3c(c2)OCO3)NC(=O)N1. The lowest BCUT2D eigenvalue weighted by atomic mass is 9.95. The molecular formula is C21H20N2O5S. The van der Waals surface area contributed by atoms with Crippen LogP contribution in [-0.2, 0) is 9.53 Å². The predicted molar refractivity (Wildman–Crippen MR) is 108 cm³/mol. The van der Waals surface area contributed by atoms with Crippen LogP contribution in [0.3, 0.4) is 0 Å². The summed E-state index contributed by atoms with van der Waals surface area (Å²) in [4.78, 5) is 25.9. The van der Waals surface area contributed by atoms with Crippen LogP contribution in [0, 0.1) is 0 Å². The van der Waals surface area contributed by atoms with Gasteiger partial charge in [-0.15, -0.1) is 11.8 Å². The van der Waals surface area contributed by atoms with Gasteiger partial charge in [0.05, 0.1) is 11.6 Å². The van der Waals surface area contributed by atoms with E-state index in [2.05, 4.69) is 10.6 Å². The zero-order valence-electron chi connectivity index (χ0n) is 15.8. The maximum atomic E-state index is 12.8. The highest BCUT2D eigenvalue weighted by Gasteiger charge is 2.33. The van der Waals surface area contributed by atoms with E-state index in [0.29, 0.717) is 34.1 Å². The monoisotopic (exact) mass is 412 g/mol. The van der Waals surface area contributed by atoms with Crippen molar-refractivity contribution in [2.24, 2.45) is 0 Å². The summed E-state index contributed by atoms with van der Waals surface area (Å²) in [5.74, 6) is 1.39. The Hall–Kier alpha value is -3.13. The molecule has 2 amide bonds. The molecule has 2 aliphatic rings. The lowest BCUT2D eigenvalue weighted by Gasteiger charge is -2.28. The maximum absolute atomic E-state index is 12.8. The number of urea groups is 1. The molecule has 0 saturated heterocycles. The molecule has 1 atom stereocenters. The van der Waals surface area contributed by atoms with Crippen LogP contribution < -0.4 is 20.1 Å². The van der Waals surface area contributed by atoms with Crippen molar-refractivity contribution in [2.45, 2.75) is 17.9 Å². The van der Waals surface area contributed by atoms with Gasteiger partial charge in [-0.2, -0.15) is 0 Å². The largest absolute Gasteiger partial charge is 0.461 e. The quantitative estimate of drug-likeness (QED) is 0.430. The van der Waals surface area contributed by atoms with Gasteiger partial charge in [0.2, 0.25) is 6.79 Å². The average molecular weight is 412 g/mol. The molecule has 0 bridgehead atoms. The van der Waals surface area contributed by atoms with Gasteiger partial charge in [-0.3, -0.25) is 0 Å². The van der Waals surface area contributed by atoms with Crippen LogP contribution in [0.25, 0.3) is 0 Å². The van der Waals surface area contributed by atoms with Gasteiger partial charge in [0.1, 0.15) is 6.61 Å². The topological polar surface area (TPSA) is 85.9 Å². The number of carbonyl (C=O) groups excluding carboxylic acids is 2. The van der Waals surface area contributed by atoms with E-state index in [1.807, 2.05) is 30.3 Å². The molecule has 2 aliphatic heterocycles. The van der Waals surface area contributed by atoms with Gasteiger partial charge < -0.3 is 24.8 Å². The summed E-state index contributed by atoms with van der Waals surface area (Å²) in [6.07, 6.45) is 0. The lowest BCUT2D eigenvalue weighted by Crippen LogP contribution is -2.45. The van der Waals surface area contributed by atoms with Crippen molar-refractivity contribution in [3.8, 4) is 11.5 Å². The smallest absolute Gasteiger partial charge is 0.338 e. The number of rotatable bonds is 6. The molecule has 0 aliphatic carbocycles. The third kappa shape index (κ3) is 4.32. The van der Waals surface area contributed by atoms with Crippen molar-refractivity contribution in [3.63, 3.8) is 0 Å². The summed E-state index contributed by atoms with van der Waals surface area (Å²) < 4.78 is 16.2. The molecule has 0 saturated carbocycles. The van der Waals surface area contributed by atoms with E-state index in [1.54, 1.807) is 36.9 Å². The Morgan fingerprint density at radius 2 is 1.97 bits per heavy atom. The second-order valence-electron chi connectivity index (χ2n) is 6.48. The van der Waals surface area contributed by atoms with Crippen LogP contribution in [0.5, 0.6) is 11.5 Å². The van der Waals surface area contributed by atoms with Crippen molar-refractivity contribution < 1.29 is 23.8 Å². The molecule has 7 nitrogen and oxygen atoms in total. The fourth-order valence-electron chi connectivity index (χ4n) is 3.20. The number of nitrogens with one attached hydrogen (secondary N) is 2. The Kier molecular flexibility index (Phi) is 5.62. The first-order chi connectivity index (χ1) is 14.1. The Morgan fingerprint density at radius 3 is 2.79 bits per heavy atom. The molecule has 2 N–H and O–H groups in total. The summed E-state index contributed by atoms with van der Waals surface area (Å²) in [6, 6.07) is 14.2. The first-order valence-electron chi connectivity index (χ1n) is 9.14. The van der Waals surface area contributed by atoms with Gasteiger partial charge in [-0.25, -0.2) is 9.59 Å². The van der Waals surface area contributed by atoms with Crippen LogP contribution in [-0.4, -0.2) is 31.2 Å². The molecule has 4 rings (SSSR count). The number of esters is 1. The van der Waals surface area contributed by atoms with Gasteiger partial charge in [0, 0.05) is 16.3 Å². The van der Waals surface area contributed by atoms with Crippen molar-refractivity contribution in [1.29, 1.82) is 0 Å². The number of hydrogen-bond acceptors (Lipinski definition) is 6. The van der Waals surface area contributed by atoms with Crippen LogP contribution in [0.15, 0.2) is 64.7 Å². The van der Waals surface area contributed by atoms with Crippen molar-refractivity contribution in [3.05, 3.63) is 65.4 Å². The van der Waals surface area contributed by atoms with Crippen LogP contribution in [0.1, 0.15) is 18.5 Å². The molecule has 0 spiro atoms. The van der Waals surface area contributed by atoms with E-state index < -0.39 is 12.0 Å². The Balaban J connectivity index is 1.46. The molecule has 8 heteroatoms. The summed E-state index contributed by atoms with van der Waals surface area (Å²) in [5, 5.41) is 5.44. The number of thioether (sulfide) groups is 1. The fourth-order valence-corrected chi connectivity index (χ4v) is 3.95. The fraction of sp³-hybridized carbons (Fsp3) is 0.238. The molecule has 2 heterocycles. The van der Waals surface area contributed by atoms with Gasteiger partial charge in [-0.05, 0) is 36.8 Å². The predicted octanol–water partition coefficient (Wildman–Crippen LogP) is 3.38. The number of carbonyl (C=O) groups is 2. The summed E-state index contributed by atoms with van der Waals surface area (Å²) >= 11 is 1.61. The Labute approximate surface area is 172 Å². The lowest BCUT2D eigenvalue weighted by molar-refractivity contribution is -0.138. The summed E-state index contributed by atoms with van der Waals surface area (Å²) in [6.45, 7) is 2.10. The highest BCUT2D eigenvalue weighted by molar-refractivity contribution is 7.99. The summed E-state index contributed by atoms with van der Waals surface area (Å²) in [5.41, 5.74) is 1.55. The minimum atomic E-state index is -0.632. The third-order valence-corrected chi connectivity index (χ3v) is 5.52. The molecule has 2 aromatic carbocycles. The number of benzene rings is 2. The Morgan fingerprint density at radius 1 is 1.17 bits per heavy atom. The van der Waals surface area contributed by atoms with E-state index in [1.165, 1.54) is 0 Å². The maximum Gasteiger partial charge on any atom is 0.338 e. The van der Waals surface area contributed by atoms with Gasteiger partial charge in [0.15, 0.2) is 11.5 Å². The van der Waals surface area contributed by atoms with Crippen molar-refractivity contribution in [2.75, 3.05) is 19.2 Å². The van der Waals surface area contributed by atoms with Crippen molar-refractivity contribution in [1.82, 2.24) is 10.6 Å². The molecule has 29 heavy (non-hydrogen) atoms. The zero-order valence-corrected chi connectivity index (χ0v) is 16.6. The Bertz CT molecular complexity index is 961. The minimum Gasteiger partial charge on any atom is -0.461 e. The normalized spacial score (nSPS) is 17.6. The standard InChI is InChI=1S/C21H20N2O5S/c1-13-18(20(24)26-9-10-29-15-5-3-2-4-6-15)19(23-21(25)22-13)14-7-8-16-17(11-14)28-12-27-16/h2-8,11,19H,9-10,12H2,1H3,(H2,22,23,25)/t19-/m1/s1. The third-order valence-electron chi connectivity index (χ3n) is 4.55. The average Bonchev–Trinajstić information content (AvgIpc) is 3.19. The first-order valence-corrected chi connectivity index (χ1v) is 10.1. The van der Waals surface area contributed by atoms with Crippen LogP contribution in [0.2, 0.25) is 0 Å². The number of fused-ring (bicyclic) bond motifs is 1. The van der Waals surface area contributed by atoms with Gasteiger partial charge in [-0.1, -0.05) is 24.3 Å². The second-order valence-corrected chi connectivity index (χ2v) is 7.65. The first kappa shape index (κ1) is 19.2. The molecule has 2 aromatic rings. The zero-order chi connectivity index (χ0) is 20.2. The molecule has 0 aromatic heterocycles. The van der Waals surface area contributed by atoms with E-state index in [4.69, 9.17) is 14.2 Å². The van der Waals surface area contributed by atoms with Crippen molar-refractivity contribution >= 4 is 23.8 Å². The van der Waals surface area contributed by atoms with E-state index in [0.717, 1.165) is 4.90 Å². The highest BCUT2D eigenvalue weighted by Crippen LogP contribution is 2.37. The van der Waals surface area contributed by atoms with Crippen LogP contribution >= 0.6 is 11.8 Å². The number of amides is 2. The summed E-state index contributed by atoms with van der Waals surface area (Å²) in [7, 11) is 0. The number of allylic oxidation sites excluding steroid dienone is 1. The highest BCUT2D eigenvalue weighted by atomic mass is 32.2. The van der Waals surface area contributed by atoms with E-state index in [-0.39, 0.29) is 19.4 Å².